The summed E-state index contributed by atoms with van der Waals surface area (Å²) >= 11 is 0. The maximum atomic E-state index is 14.6. The third kappa shape index (κ3) is 3.89. The van der Waals surface area contributed by atoms with Gasteiger partial charge in [0.25, 0.3) is 5.95 Å². The molecule has 40 heavy (non-hydrogen) atoms. The molecule has 208 valence electrons. The van der Waals surface area contributed by atoms with E-state index in [9.17, 15) is 17.2 Å². The van der Waals surface area contributed by atoms with Gasteiger partial charge in [-0.2, -0.15) is 9.78 Å². The Labute approximate surface area is 229 Å². The van der Waals surface area contributed by atoms with Gasteiger partial charge < -0.3 is 4.74 Å². The van der Waals surface area contributed by atoms with E-state index in [0.717, 1.165) is 18.2 Å². The lowest BCUT2D eigenvalue weighted by Crippen LogP contribution is -2.38. The van der Waals surface area contributed by atoms with Crippen molar-refractivity contribution in [3.63, 3.8) is 0 Å². The number of nitrogens with zero attached hydrogens (tertiary/aromatic N) is 7. The maximum absolute atomic E-state index is 14.6. The van der Waals surface area contributed by atoms with Gasteiger partial charge in [-0.05, 0) is 47.9 Å². The number of benzene rings is 1. The fraction of sp³-hybridized carbons (Fsp3) is 0.407. The third-order valence-corrected chi connectivity index (χ3v) is 9.35. The number of halogens is 2. The number of aromatic nitrogens is 7. The topological polar surface area (TPSA) is 126 Å². The summed E-state index contributed by atoms with van der Waals surface area (Å²) in [5, 5.41) is 13.3. The number of ether oxygens (including phenoxy) is 1. The molecule has 6 rings (SSSR count). The van der Waals surface area contributed by atoms with Crippen LogP contribution in [-0.2, 0) is 21.7 Å². The summed E-state index contributed by atoms with van der Waals surface area (Å²) in [6, 6.07) is 5.47. The molecule has 10 nitrogen and oxygen atoms in total. The highest BCUT2D eigenvalue weighted by Crippen LogP contribution is 2.70. The summed E-state index contributed by atoms with van der Waals surface area (Å²) in [6.45, 7) is 4.27. The van der Waals surface area contributed by atoms with Gasteiger partial charge in [-0.3, -0.25) is 0 Å². The van der Waals surface area contributed by atoms with Crippen LogP contribution in [0, 0.1) is 17.0 Å². The first-order valence-corrected chi connectivity index (χ1v) is 14.8. The molecule has 2 atom stereocenters. The monoisotopic (exact) mass is 567 g/mol. The smallest absolute Gasteiger partial charge is 0.252 e. The molecule has 2 aliphatic rings. The summed E-state index contributed by atoms with van der Waals surface area (Å²) in [5.74, 6) is -0.352. The minimum Gasteiger partial charge on any atom is -0.493 e. The number of sulfone groups is 1. The van der Waals surface area contributed by atoms with E-state index in [1.807, 2.05) is 0 Å². The first kappa shape index (κ1) is 26.4. The SMILES string of the molecule is COc1cnc(-n2cnc(CCS(C)(=O)=O)n2)nc1[C@]12CC[C@@H](c3cc(-c4c(F)cccc4F)nnc31)C2(C)C. The fourth-order valence-electron chi connectivity index (χ4n) is 6.42. The van der Waals surface area contributed by atoms with Crippen molar-refractivity contribution >= 4 is 9.84 Å². The molecular formula is C27H27F2N7O3S. The lowest BCUT2D eigenvalue weighted by molar-refractivity contribution is 0.234. The van der Waals surface area contributed by atoms with Crippen LogP contribution in [0.15, 0.2) is 36.8 Å². The molecule has 0 N–H and O–H groups in total. The average Bonchev–Trinajstić information content (AvgIpc) is 3.54. The molecule has 2 aliphatic carbocycles. The van der Waals surface area contributed by atoms with Crippen molar-refractivity contribution in [2.24, 2.45) is 5.41 Å². The number of methoxy groups -OCH3 is 1. The number of aryl methyl sites for hydroxylation is 1. The lowest BCUT2D eigenvalue weighted by Gasteiger charge is -2.38. The molecule has 4 aromatic rings. The van der Waals surface area contributed by atoms with Crippen molar-refractivity contribution in [2.45, 2.75) is 44.4 Å². The van der Waals surface area contributed by atoms with E-state index in [1.54, 1.807) is 19.4 Å². The number of hydrogen-bond donors (Lipinski definition) is 0. The normalized spacial score (nSPS) is 21.0. The van der Waals surface area contributed by atoms with Crippen LogP contribution < -0.4 is 4.74 Å². The second kappa shape index (κ2) is 9.08. The van der Waals surface area contributed by atoms with Gasteiger partial charge in [0.05, 0.1) is 41.4 Å². The van der Waals surface area contributed by atoms with E-state index in [-0.39, 0.29) is 35.3 Å². The first-order valence-electron chi connectivity index (χ1n) is 12.8. The second-order valence-electron chi connectivity index (χ2n) is 10.9. The van der Waals surface area contributed by atoms with Gasteiger partial charge in [0.1, 0.15) is 33.5 Å². The fourth-order valence-corrected chi connectivity index (χ4v) is 6.98. The molecule has 0 spiro atoms. The van der Waals surface area contributed by atoms with Crippen LogP contribution >= 0.6 is 0 Å². The van der Waals surface area contributed by atoms with Gasteiger partial charge in [0, 0.05) is 12.7 Å². The van der Waals surface area contributed by atoms with E-state index in [4.69, 9.17) is 9.72 Å². The van der Waals surface area contributed by atoms with Gasteiger partial charge in [0.15, 0.2) is 11.6 Å². The minimum atomic E-state index is -3.17. The first-order chi connectivity index (χ1) is 19.0. The average molecular weight is 568 g/mol. The lowest BCUT2D eigenvalue weighted by atomic mass is 9.66. The zero-order chi connectivity index (χ0) is 28.4. The summed E-state index contributed by atoms with van der Waals surface area (Å²) in [6.07, 6.45) is 5.87. The van der Waals surface area contributed by atoms with Crippen LogP contribution in [0.5, 0.6) is 5.75 Å². The number of hydrogen-bond acceptors (Lipinski definition) is 9. The zero-order valence-corrected chi connectivity index (χ0v) is 23.2. The Hall–Kier alpha value is -3.87. The predicted molar refractivity (Wildman–Crippen MR) is 141 cm³/mol. The summed E-state index contributed by atoms with van der Waals surface area (Å²) in [7, 11) is -1.63. The minimum absolute atomic E-state index is 0.0451. The van der Waals surface area contributed by atoms with E-state index in [1.165, 1.54) is 29.2 Å². The van der Waals surface area contributed by atoms with Crippen molar-refractivity contribution in [3.8, 4) is 23.0 Å². The van der Waals surface area contributed by atoms with Crippen LogP contribution in [0.4, 0.5) is 8.78 Å². The van der Waals surface area contributed by atoms with Crippen LogP contribution in [0.3, 0.4) is 0 Å². The van der Waals surface area contributed by atoms with E-state index in [0.29, 0.717) is 29.4 Å². The summed E-state index contributed by atoms with van der Waals surface area (Å²) in [4.78, 5) is 13.5. The Morgan fingerprint density at radius 3 is 2.58 bits per heavy atom. The Bertz CT molecular complexity index is 1740. The molecule has 13 heteroatoms. The Kier molecular flexibility index (Phi) is 5.98. The molecule has 1 saturated carbocycles. The quantitative estimate of drug-likeness (QED) is 0.329. The highest BCUT2D eigenvalue weighted by molar-refractivity contribution is 7.90. The third-order valence-electron chi connectivity index (χ3n) is 8.41. The zero-order valence-electron chi connectivity index (χ0n) is 22.4. The largest absolute Gasteiger partial charge is 0.493 e. The van der Waals surface area contributed by atoms with E-state index >= 15 is 0 Å². The molecule has 3 aromatic heterocycles. The molecule has 1 fully saturated rings. The van der Waals surface area contributed by atoms with Gasteiger partial charge >= 0.3 is 0 Å². The van der Waals surface area contributed by atoms with Crippen molar-refractivity contribution in [3.05, 3.63) is 71.2 Å². The molecule has 3 heterocycles. The van der Waals surface area contributed by atoms with Gasteiger partial charge in [-0.1, -0.05) is 19.9 Å². The molecule has 2 bridgehead atoms. The van der Waals surface area contributed by atoms with Crippen molar-refractivity contribution in [1.29, 1.82) is 0 Å². The molecule has 0 radical (unpaired) electrons. The molecular weight excluding hydrogens is 540 g/mol. The summed E-state index contributed by atoms with van der Waals surface area (Å²) < 4.78 is 59.4. The molecule has 0 saturated heterocycles. The highest BCUT2D eigenvalue weighted by atomic mass is 32.2. The maximum Gasteiger partial charge on any atom is 0.252 e. The van der Waals surface area contributed by atoms with Gasteiger partial charge in [-0.25, -0.2) is 32.2 Å². The number of fused-ring (bicyclic) bond motifs is 5. The van der Waals surface area contributed by atoms with E-state index in [2.05, 4.69) is 39.1 Å². The Morgan fingerprint density at radius 2 is 1.88 bits per heavy atom. The van der Waals surface area contributed by atoms with Crippen LogP contribution in [0.2, 0.25) is 0 Å². The van der Waals surface area contributed by atoms with Gasteiger partial charge in [-0.15, -0.1) is 10.2 Å². The van der Waals surface area contributed by atoms with Crippen LogP contribution in [0.1, 0.15) is 55.4 Å². The second-order valence-corrected chi connectivity index (χ2v) is 13.2. The molecule has 1 aromatic carbocycles. The van der Waals surface area contributed by atoms with E-state index < -0.39 is 32.3 Å². The molecule has 0 amide bonds. The van der Waals surface area contributed by atoms with Crippen molar-refractivity contribution < 1.29 is 21.9 Å². The van der Waals surface area contributed by atoms with Crippen molar-refractivity contribution in [2.75, 3.05) is 19.1 Å². The standard InChI is InChI=1S/C27H27F2N7O3S/c1-26(2)16-8-10-27(26,23-15(16)12-19(33-34-23)22-17(28)6-5-7-18(22)29)24-20(39-3)13-30-25(32-24)36-14-31-21(35-36)9-11-40(4,37)38/h5-7,12-14,16H,8-11H2,1-4H3/t16-,27-/m0/s1. The highest BCUT2D eigenvalue weighted by Gasteiger charge is 2.66. The Morgan fingerprint density at radius 1 is 1.12 bits per heavy atom. The molecule has 0 unspecified atom stereocenters. The van der Waals surface area contributed by atoms with Gasteiger partial charge in [0.2, 0.25) is 0 Å². The predicted octanol–water partition coefficient (Wildman–Crippen LogP) is 3.59. The Balaban J connectivity index is 1.47. The molecule has 0 aliphatic heterocycles. The number of rotatable bonds is 7. The summed E-state index contributed by atoms with van der Waals surface area (Å²) in [5.41, 5.74) is 1.03. The van der Waals surface area contributed by atoms with Crippen LogP contribution in [-0.4, -0.2) is 62.5 Å². The van der Waals surface area contributed by atoms with Crippen LogP contribution in [0.25, 0.3) is 17.2 Å². The van der Waals surface area contributed by atoms with Crippen molar-refractivity contribution in [1.82, 2.24) is 34.9 Å².